The van der Waals surface area contributed by atoms with Crippen molar-refractivity contribution in [1.29, 1.82) is 0 Å². The van der Waals surface area contributed by atoms with E-state index in [9.17, 15) is 9.18 Å². The van der Waals surface area contributed by atoms with Crippen LogP contribution in [0.25, 0.3) is 10.9 Å². The number of hydroxylamine groups is 1. The molecule has 0 spiro atoms. The first-order valence-corrected chi connectivity index (χ1v) is 8.83. The average Bonchev–Trinajstić information content (AvgIpc) is 2.66. The van der Waals surface area contributed by atoms with Crippen LogP contribution in [0.1, 0.15) is 10.4 Å². The molecule has 5 N–H and O–H groups in total. The minimum Gasteiger partial charge on any atom is -0.398 e. The molecule has 0 saturated carbocycles. The number of rotatable bonds is 6. The first-order chi connectivity index (χ1) is 13.4. The zero-order chi connectivity index (χ0) is 20.3. The lowest BCUT2D eigenvalue weighted by Crippen LogP contribution is -2.26. The molecule has 2 aromatic carbocycles. The van der Waals surface area contributed by atoms with E-state index in [1.165, 1.54) is 30.5 Å². The average molecular weight is 453 g/mol. The second-order valence-electron chi connectivity index (χ2n) is 5.66. The second-order valence-corrected chi connectivity index (χ2v) is 6.58. The number of nitrogens with zero attached hydrogens (tertiary/aromatic N) is 1. The van der Waals surface area contributed by atoms with Gasteiger partial charge in [0.1, 0.15) is 11.3 Å². The second kappa shape index (κ2) is 8.46. The Labute approximate surface area is 166 Å². The van der Waals surface area contributed by atoms with E-state index in [1.54, 1.807) is 6.07 Å². The lowest BCUT2D eigenvalue weighted by Gasteiger charge is -2.16. The van der Waals surface area contributed by atoms with Crippen LogP contribution in [-0.4, -0.2) is 29.2 Å². The highest BCUT2D eigenvalue weighted by atomic mass is 79.9. The lowest BCUT2D eigenvalue weighted by atomic mass is 10.1. The van der Waals surface area contributed by atoms with Crippen LogP contribution in [0.4, 0.5) is 25.8 Å². The van der Waals surface area contributed by atoms with Gasteiger partial charge in [-0.05, 0) is 30.3 Å². The van der Waals surface area contributed by atoms with Gasteiger partial charge in [0.15, 0.2) is 5.82 Å². The minimum atomic E-state index is -0.876. The summed E-state index contributed by atoms with van der Waals surface area (Å²) in [4.78, 5) is 21.3. The molecular weight excluding hydrogens is 438 g/mol. The van der Waals surface area contributed by atoms with Gasteiger partial charge in [-0.3, -0.25) is 14.6 Å². The van der Waals surface area contributed by atoms with Gasteiger partial charge in [0.05, 0.1) is 30.2 Å². The maximum atomic E-state index is 15.2. The maximum Gasteiger partial charge on any atom is 0.277 e. The van der Waals surface area contributed by atoms with E-state index in [-0.39, 0.29) is 46.7 Å². The first kappa shape index (κ1) is 19.9. The third-order valence-electron chi connectivity index (χ3n) is 3.80. The predicted molar refractivity (Wildman–Crippen MR) is 104 cm³/mol. The Balaban J connectivity index is 2.13. The molecule has 0 aliphatic rings. The van der Waals surface area contributed by atoms with Gasteiger partial charge in [-0.15, -0.1) is 0 Å². The Bertz CT molecular complexity index is 1050. The third-order valence-corrected chi connectivity index (χ3v) is 4.30. The van der Waals surface area contributed by atoms with Gasteiger partial charge in [-0.2, -0.15) is 0 Å². The maximum absolute atomic E-state index is 15.2. The fraction of sp³-hybridized carbons (Fsp3) is 0.111. The molecule has 0 radical (unpaired) electrons. The number of aromatic nitrogens is 1. The highest BCUT2D eigenvalue weighted by Crippen LogP contribution is 2.33. The minimum absolute atomic E-state index is 0.0457. The van der Waals surface area contributed by atoms with Crippen LogP contribution < -0.4 is 16.5 Å². The number of carbonyl (C=O) groups excluding carboxylic acids is 1. The molecule has 0 aliphatic carbocycles. The van der Waals surface area contributed by atoms with Gasteiger partial charge in [-0.25, -0.2) is 14.3 Å². The number of nitrogens with two attached hydrogens (primary N) is 1. The highest BCUT2D eigenvalue weighted by molar-refractivity contribution is 9.10. The normalized spacial score (nSPS) is 10.9. The number of fused-ring (bicyclic) bond motifs is 1. The van der Waals surface area contributed by atoms with Crippen molar-refractivity contribution >= 4 is 49.8 Å². The van der Waals surface area contributed by atoms with E-state index in [4.69, 9.17) is 15.7 Å². The smallest absolute Gasteiger partial charge is 0.277 e. The van der Waals surface area contributed by atoms with Gasteiger partial charge >= 0.3 is 0 Å². The van der Waals surface area contributed by atoms with Gasteiger partial charge in [0.25, 0.3) is 5.91 Å². The molecule has 0 aliphatic heterocycles. The number of pyridine rings is 1. The molecule has 0 fully saturated rings. The van der Waals surface area contributed by atoms with Gasteiger partial charge < -0.3 is 16.2 Å². The summed E-state index contributed by atoms with van der Waals surface area (Å²) < 4.78 is 29.9. The molecule has 1 amide bonds. The first-order valence-electron chi connectivity index (χ1n) is 8.04. The number of hydrogen-bond donors (Lipinski definition) is 4. The van der Waals surface area contributed by atoms with E-state index in [0.717, 1.165) is 0 Å². The summed E-state index contributed by atoms with van der Waals surface area (Å²) >= 11 is 3.14. The molecule has 3 rings (SSSR count). The molecule has 1 heterocycles. The van der Waals surface area contributed by atoms with E-state index in [0.29, 0.717) is 4.47 Å². The van der Waals surface area contributed by atoms with Crippen LogP contribution in [0.2, 0.25) is 0 Å². The molecule has 3 aromatic rings. The van der Waals surface area contributed by atoms with Crippen molar-refractivity contribution < 1.29 is 23.5 Å². The summed E-state index contributed by atoms with van der Waals surface area (Å²) in [6.45, 7) is -0.478. The zero-order valence-corrected chi connectivity index (χ0v) is 15.9. The number of aliphatic hydroxyl groups excluding tert-OH is 1. The van der Waals surface area contributed by atoms with Gasteiger partial charge in [-0.1, -0.05) is 15.9 Å². The Morgan fingerprint density at radius 2 is 2.07 bits per heavy atom. The van der Waals surface area contributed by atoms with Crippen molar-refractivity contribution in [2.24, 2.45) is 0 Å². The number of hydrogen-bond acceptors (Lipinski definition) is 6. The van der Waals surface area contributed by atoms with E-state index >= 15 is 4.39 Å². The van der Waals surface area contributed by atoms with Crippen molar-refractivity contribution in [2.75, 3.05) is 24.3 Å². The molecule has 10 heteroatoms. The third kappa shape index (κ3) is 4.03. The molecule has 0 bridgehead atoms. The van der Waals surface area contributed by atoms with Gasteiger partial charge in [0.2, 0.25) is 0 Å². The fourth-order valence-corrected chi connectivity index (χ4v) is 2.85. The van der Waals surface area contributed by atoms with Crippen molar-refractivity contribution in [2.45, 2.75) is 0 Å². The molecule has 28 heavy (non-hydrogen) atoms. The van der Waals surface area contributed by atoms with Crippen LogP contribution in [0.15, 0.2) is 41.0 Å². The van der Waals surface area contributed by atoms with E-state index in [1.807, 2.05) is 0 Å². The summed E-state index contributed by atoms with van der Waals surface area (Å²) in [6.07, 6.45) is 1.33. The SMILES string of the molecule is Nc1ccnc2c(F)c(Nc3ccc(Br)cc3F)c(C(=O)NOCCO)cc12. The lowest BCUT2D eigenvalue weighted by molar-refractivity contribution is 0.0169. The standard InChI is InChI=1S/C18H15BrF2N4O3/c19-9-1-2-14(12(20)7-9)24-17-11(18(27)25-28-6-5-26)8-10-13(22)3-4-23-16(10)15(17)21/h1-4,7-8,24,26H,5-6H2,(H2,22,23)(H,25,27). The summed E-state index contributed by atoms with van der Waals surface area (Å²) in [5, 5.41) is 11.6. The van der Waals surface area contributed by atoms with Crippen LogP contribution in [0.5, 0.6) is 0 Å². The van der Waals surface area contributed by atoms with Crippen LogP contribution >= 0.6 is 15.9 Å². The molecule has 1 aromatic heterocycles. The Morgan fingerprint density at radius 3 is 2.79 bits per heavy atom. The van der Waals surface area contributed by atoms with Crippen molar-refractivity contribution in [3.8, 4) is 0 Å². The van der Waals surface area contributed by atoms with E-state index in [2.05, 4.69) is 31.7 Å². The molecular formula is C18H15BrF2N4O3. The predicted octanol–water partition coefficient (Wildman–Crippen LogP) is 3.26. The summed E-state index contributed by atoms with van der Waals surface area (Å²) in [5.74, 6) is -2.34. The number of benzene rings is 2. The largest absolute Gasteiger partial charge is 0.398 e. The number of nitrogens with one attached hydrogen (secondary N) is 2. The Hall–Kier alpha value is -2.82. The fourth-order valence-electron chi connectivity index (χ4n) is 2.51. The molecule has 0 unspecified atom stereocenters. The number of aliphatic hydroxyl groups is 1. The Morgan fingerprint density at radius 1 is 1.29 bits per heavy atom. The highest BCUT2D eigenvalue weighted by Gasteiger charge is 2.22. The molecule has 0 saturated heterocycles. The zero-order valence-electron chi connectivity index (χ0n) is 14.3. The molecule has 0 atom stereocenters. The number of amides is 1. The van der Waals surface area contributed by atoms with Crippen LogP contribution in [-0.2, 0) is 4.84 Å². The van der Waals surface area contributed by atoms with Crippen molar-refractivity contribution in [3.63, 3.8) is 0 Å². The topological polar surface area (TPSA) is 110 Å². The quantitative estimate of drug-likeness (QED) is 0.337. The number of halogens is 3. The number of nitrogen functional groups attached to an aromatic ring is 1. The summed E-state index contributed by atoms with van der Waals surface area (Å²) in [7, 11) is 0. The molecule has 146 valence electrons. The number of anilines is 3. The molecule has 7 nitrogen and oxygen atoms in total. The Kier molecular flexibility index (Phi) is 6.02. The van der Waals surface area contributed by atoms with Crippen molar-refractivity contribution in [3.05, 3.63) is 58.2 Å². The van der Waals surface area contributed by atoms with Crippen molar-refractivity contribution in [1.82, 2.24) is 10.5 Å². The summed E-state index contributed by atoms with van der Waals surface area (Å²) in [6, 6.07) is 6.94. The van der Waals surface area contributed by atoms with E-state index < -0.39 is 17.5 Å². The monoisotopic (exact) mass is 452 g/mol. The van der Waals surface area contributed by atoms with Gasteiger partial charge in [0, 0.05) is 21.7 Å². The summed E-state index contributed by atoms with van der Waals surface area (Å²) in [5.41, 5.74) is 7.59. The van der Waals surface area contributed by atoms with Crippen LogP contribution in [0.3, 0.4) is 0 Å². The number of carbonyl (C=O) groups is 1. The van der Waals surface area contributed by atoms with Crippen LogP contribution in [0, 0.1) is 11.6 Å².